The fourth-order valence-corrected chi connectivity index (χ4v) is 10.7. The first kappa shape index (κ1) is 74.5. The molecule has 2 aliphatic rings. The number of nitrogens with zero attached hydrogens (tertiary/aromatic N) is 5. The first-order chi connectivity index (χ1) is 42.9. The number of esters is 5. The molecular formula is C68H98F2N6O15. The molecule has 0 radical (unpaired) electrons. The molecule has 91 heavy (non-hydrogen) atoms. The molecule has 8 atom stereocenters. The van der Waals surface area contributed by atoms with Crippen molar-refractivity contribution in [3.8, 4) is 0 Å². The Kier molecular flexibility index (Phi) is 28.6. The van der Waals surface area contributed by atoms with Gasteiger partial charge in [-0.2, -0.15) is 0 Å². The Hall–Kier alpha value is -7.24. The van der Waals surface area contributed by atoms with E-state index < -0.39 is 114 Å². The molecule has 23 heteroatoms. The third kappa shape index (κ3) is 23.7. The lowest BCUT2D eigenvalue weighted by molar-refractivity contribution is -0.176. The first-order valence-electron chi connectivity index (χ1n) is 31.6. The molecule has 5 rings (SSSR count). The SMILES string of the molecule is CN[C@@H](CC(C)(C)F)C(=O)O[C@H](CCc1ccc(N2CCOCC2)cc1)C(=O)N(C)[C@@H](CC(C)C)C(=O)O[C@H](C)C(=O)N(C)[C@@H](CC(C)(C)F)C(=O)O[C@H](Cc1ccc(N2CCOCC2)cc1)C(=O)N(C)[C@@H](CC(C)C)C(=O)O[C@H](C)C(=O)OCc1ccccc1. The van der Waals surface area contributed by atoms with Gasteiger partial charge in [-0.25, -0.2) is 28.0 Å². The van der Waals surface area contributed by atoms with E-state index in [1.807, 2.05) is 70.2 Å². The number of nitrogens with one attached hydrogen (secondary N) is 1. The van der Waals surface area contributed by atoms with Crippen LogP contribution >= 0.6 is 0 Å². The van der Waals surface area contributed by atoms with E-state index in [0.29, 0.717) is 50.6 Å². The van der Waals surface area contributed by atoms with Crippen LogP contribution in [0.3, 0.4) is 0 Å². The number of ether oxygens (including phenoxy) is 7. The molecular weight excluding hydrogens is 1180 g/mol. The van der Waals surface area contributed by atoms with Gasteiger partial charge in [0.25, 0.3) is 17.7 Å². The minimum atomic E-state index is -2.14. The summed E-state index contributed by atoms with van der Waals surface area (Å²) < 4.78 is 70.9. The van der Waals surface area contributed by atoms with Crippen molar-refractivity contribution in [2.24, 2.45) is 11.8 Å². The maximum atomic E-state index is 16.0. The van der Waals surface area contributed by atoms with Gasteiger partial charge in [-0.05, 0) is 127 Å². The van der Waals surface area contributed by atoms with Crippen molar-refractivity contribution in [1.29, 1.82) is 0 Å². The van der Waals surface area contributed by atoms with Crippen molar-refractivity contribution in [2.45, 2.75) is 181 Å². The Labute approximate surface area is 536 Å². The van der Waals surface area contributed by atoms with E-state index in [0.717, 1.165) is 44.7 Å². The van der Waals surface area contributed by atoms with Gasteiger partial charge in [0.05, 0.1) is 26.4 Å². The molecule has 21 nitrogen and oxygen atoms in total. The monoisotopic (exact) mass is 1280 g/mol. The molecule has 0 aliphatic carbocycles. The number of morpholine rings is 2. The number of hydrogen-bond donors (Lipinski definition) is 1. The molecule has 3 amide bonds. The fourth-order valence-electron chi connectivity index (χ4n) is 10.7. The van der Waals surface area contributed by atoms with Gasteiger partial charge in [-0.3, -0.25) is 19.2 Å². The highest BCUT2D eigenvalue weighted by atomic mass is 19.1. The van der Waals surface area contributed by atoms with Crippen LogP contribution in [0.2, 0.25) is 0 Å². The number of amides is 3. The zero-order valence-electron chi connectivity index (χ0n) is 55.7. The molecule has 0 saturated carbocycles. The summed E-state index contributed by atoms with van der Waals surface area (Å²) in [5.41, 5.74) is 0.0540. The van der Waals surface area contributed by atoms with E-state index in [4.69, 9.17) is 33.2 Å². The summed E-state index contributed by atoms with van der Waals surface area (Å²) >= 11 is 0. The van der Waals surface area contributed by atoms with E-state index in [-0.39, 0.29) is 57.0 Å². The lowest BCUT2D eigenvalue weighted by atomic mass is 9.98. The standard InChI is InChI=1S/C68H98F2N6O15/c1-44(2)38-54(72(12)60(78)57(90-63(81)53(71-11)41-67(7,8)69)29-24-48-20-25-51(26-21-48)75-30-34-85-35-31-75)64(82)88-46(5)59(77)74(14)56(42-68(9,10)70)66(84)91-58(40-49-22-27-52(28-23-49)76-32-36-86-37-33-76)61(79)73(13)55(39-45(3)4)65(83)89-47(6)62(80)87-43-50-18-16-15-17-19-50/h15-23,25-28,44-47,53-58,71H,24,29-43H2,1-14H3/t46-,47-,53+,54+,55+,56+,57-,58-/m1/s1. The van der Waals surface area contributed by atoms with Crippen LogP contribution in [0.15, 0.2) is 78.9 Å². The smallest absolute Gasteiger partial charge is 0.347 e. The Bertz CT molecular complexity index is 2840. The van der Waals surface area contributed by atoms with Crippen LogP contribution < -0.4 is 15.1 Å². The van der Waals surface area contributed by atoms with Crippen LogP contribution in [-0.2, 0) is 91.0 Å². The number of aryl methyl sites for hydroxylation is 1. The first-order valence-corrected chi connectivity index (χ1v) is 31.6. The molecule has 0 spiro atoms. The topological polar surface area (TPSA) is 229 Å². The van der Waals surface area contributed by atoms with Gasteiger partial charge in [0, 0.05) is 78.0 Å². The number of rotatable bonds is 33. The summed E-state index contributed by atoms with van der Waals surface area (Å²) in [6.07, 6.45) is -6.97. The summed E-state index contributed by atoms with van der Waals surface area (Å²) in [6, 6.07) is 18.4. The van der Waals surface area contributed by atoms with Crippen molar-refractivity contribution in [3.63, 3.8) is 0 Å². The second kappa shape index (κ2) is 35.0. The van der Waals surface area contributed by atoms with Crippen molar-refractivity contribution >= 4 is 58.9 Å². The van der Waals surface area contributed by atoms with Gasteiger partial charge in [-0.15, -0.1) is 0 Å². The number of hydrogen-bond acceptors (Lipinski definition) is 18. The molecule has 2 heterocycles. The fraction of sp³-hybridized carbons (Fsp3) is 0.618. The van der Waals surface area contributed by atoms with Crippen LogP contribution in [-0.4, -0.2) is 203 Å². The lowest BCUT2D eigenvalue weighted by Gasteiger charge is -2.35. The zero-order valence-corrected chi connectivity index (χ0v) is 55.7. The maximum Gasteiger partial charge on any atom is 0.347 e. The molecule has 2 aliphatic heterocycles. The number of anilines is 2. The van der Waals surface area contributed by atoms with E-state index >= 15 is 4.39 Å². The molecule has 2 fully saturated rings. The Morgan fingerprint density at radius 2 is 0.945 bits per heavy atom. The van der Waals surface area contributed by atoms with Crippen LogP contribution in [0.4, 0.5) is 20.2 Å². The van der Waals surface area contributed by atoms with Gasteiger partial charge in [0.2, 0.25) is 0 Å². The van der Waals surface area contributed by atoms with E-state index in [1.165, 1.54) is 69.7 Å². The summed E-state index contributed by atoms with van der Waals surface area (Å²) in [6.45, 7) is 19.9. The predicted octanol–water partition coefficient (Wildman–Crippen LogP) is 7.40. The highest BCUT2D eigenvalue weighted by molar-refractivity contribution is 5.93. The summed E-state index contributed by atoms with van der Waals surface area (Å²) in [5.74, 6) is -7.83. The van der Waals surface area contributed by atoms with Crippen LogP contribution in [0.25, 0.3) is 0 Å². The zero-order chi connectivity index (χ0) is 67.3. The van der Waals surface area contributed by atoms with Gasteiger partial charge in [-0.1, -0.05) is 82.3 Å². The largest absolute Gasteiger partial charge is 0.458 e. The number of halogens is 2. The summed E-state index contributed by atoms with van der Waals surface area (Å²) in [5, 5.41) is 2.78. The molecule has 0 aromatic heterocycles. The van der Waals surface area contributed by atoms with Crippen LogP contribution in [0, 0.1) is 11.8 Å². The minimum Gasteiger partial charge on any atom is -0.458 e. The van der Waals surface area contributed by atoms with Crippen molar-refractivity contribution in [3.05, 3.63) is 95.6 Å². The second-order valence-electron chi connectivity index (χ2n) is 25.7. The summed E-state index contributed by atoms with van der Waals surface area (Å²) in [7, 11) is 5.38. The van der Waals surface area contributed by atoms with Crippen molar-refractivity contribution in [1.82, 2.24) is 20.0 Å². The van der Waals surface area contributed by atoms with Crippen molar-refractivity contribution in [2.75, 3.05) is 90.6 Å². The van der Waals surface area contributed by atoms with Gasteiger partial charge in [0.15, 0.2) is 24.4 Å². The second-order valence-corrected chi connectivity index (χ2v) is 25.7. The van der Waals surface area contributed by atoms with Gasteiger partial charge < -0.3 is 63.0 Å². The molecule has 3 aromatic carbocycles. The Morgan fingerprint density at radius 3 is 1.41 bits per heavy atom. The Morgan fingerprint density at radius 1 is 0.516 bits per heavy atom. The number of alkyl halides is 2. The van der Waals surface area contributed by atoms with E-state index in [2.05, 4.69) is 15.1 Å². The third-order valence-corrected chi connectivity index (χ3v) is 16.0. The molecule has 504 valence electrons. The van der Waals surface area contributed by atoms with Crippen LogP contribution in [0.1, 0.15) is 118 Å². The van der Waals surface area contributed by atoms with Gasteiger partial charge in [0.1, 0.15) is 42.1 Å². The maximum absolute atomic E-state index is 16.0. The highest BCUT2D eigenvalue weighted by Gasteiger charge is 2.43. The molecule has 0 unspecified atom stereocenters. The number of carbonyl (C=O) groups is 8. The van der Waals surface area contributed by atoms with Crippen LogP contribution in [0.5, 0.6) is 0 Å². The predicted molar refractivity (Wildman–Crippen MR) is 339 cm³/mol. The van der Waals surface area contributed by atoms with E-state index in [9.17, 15) is 42.7 Å². The average molecular weight is 1280 g/mol. The van der Waals surface area contributed by atoms with Crippen molar-refractivity contribution < 1.29 is 80.3 Å². The molecule has 2 saturated heterocycles. The number of benzene rings is 3. The lowest BCUT2D eigenvalue weighted by Crippen LogP contribution is -2.54. The average Bonchev–Trinajstić information content (AvgIpc) is 1.21. The van der Waals surface area contributed by atoms with E-state index in [1.54, 1.807) is 36.4 Å². The molecule has 0 bridgehead atoms. The van der Waals surface area contributed by atoms with Gasteiger partial charge >= 0.3 is 29.8 Å². The summed E-state index contributed by atoms with van der Waals surface area (Å²) in [4.78, 5) is 122. The molecule has 3 aromatic rings. The minimum absolute atomic E-state index is 0.0188. The highest BCUT2D eigenvalue weighted by Crippen LogP contribution is 2.27. The normalized spacial score (nSPS) is 16.5. The third-order valence-electron chi connectivity index (χ3n) is 16.0. The number of carbonyl (C=O) groups excluding carboxylic acids is 8. The molecule has 1 N–H and O–H groups in total. The quantitative estimate of drug-likeness (QED) is 0.0462. The Balaban J connectivity index is 1.39. The number of likely N-dealkylation sites (N-methyl/N-ethyl adjacent to an activating group) is 4.